The third-order valence-corrected chi connectivity index (χ3v) is 5.15. The van der Waals surface area contributed by atoms with Crippen molar-refractivity contribution < 1.29 is 8.42 Å². The first-order valence-corrected chi connectivity index (χ1v) is 8.02. The predicted molar refractivity (Wildman–Crippen MR) is 84.8 cm³/mol. The van der Waals surface area contributed by atoms with Crippen LogP contribution < -0.4 is 10.5 Å². The Morgan fingerprint density at radius 2 is 1.76 bits per heavy atom. The summed E-state index contributed by atoms with van der Waals surface area (Å²) in [5.41, 5.74) is 9.89. The summed E-state index contributed by atoms with van der Waals surface area (Å²) in [6, 6.07) is 3.42. The number of sulfonamides is 1. The van der Waals surface area contributed by atoms with Crippen molar-refractivity contribution >= 4 is 21.4 Å². The molecule has 2 rings (SSSR count). The zero-order chi connectivity index (χ0) is 15.8. The molecule has 3 N–H and O–H groups in total. The van der Waals surface area contributed by atoms with Gasteiger partial charge < -0.3 is 5.73 Å². The van der Waals surface area contributed by atoms with Crippen molar-refractivity contribution in [1.82, 2.24) is 4.98 Å². The lowest BCUT2D eigenvalue weighted by molar-refractivity contribution is 0.600. The summed E-state index contributed by atoms with van der Waals surface area (Å²) in [6.07, 6.45) is 3.16. The van der Waals surface area contributed by atoms with E-state index in [9.17, 15) is 8.42 Å². The number of nitrogens with one attached hydrogen (secondary N) is 1. The molecule has 0 bridgehead atoms. The monoisotopic (exact) mass is 305 g/mol. The Morgan fingerprint density at radius 3 is 2.38 bits per heavy atom. The number of anilines is 2. The Hall–Kier alpha value is -2.08. The van der Waals surface area contributed by atoms with Crippen LogP contribution in [0.2, 0.25) is 0 Å². The van der Waals surface area contributed by atoms with Crippen LogP contribution in [0.3, 0.4) is 0 Å². The fourth-order valence-corrected chi connectivity index (χ4v) is 4.00. The van der Waals surface area contributed by atoms with E-state index in [1.165, 1.54) is 0 Å². The lowest BCUT2D eigenvalue weighted by Gasteiger charge is -2.16. The molecule has 1 aromatic heterocycles. The van der Waals surface area contributed by atoms with Crippen molar-refractivity contribution in [1.29, 1.82) is 0 Å². The maximum atomic E-state index is 12.7. The Morgan fingerprint density at radius 1 is 1.10 bits per heavy atom. The topological polar surface area (TPSA) is 85.1 Å². The van der Waals surface area contributed by atoms with E-state index < -0.39 is 10.0 Å². The first-order valence-electron chi connectivity index (χ1n) is 6.53. The van der Waals surface area contributed by atoms with Gasteiger partial charge in [0.05, 0.1) is 10.6 Å². The molecule has 0 amide bonds. The van der Waals surface area contributed by atoms with Gasteiger partial charge in [0.1, 0.15) is 0 Å². The van der Waals surface area contributed by atoms with Gasteiger partial charge in [0.2, 0.25) is 0 Å². The highest BCUT2D eigenvalue weighted by Crippen LogP contribution is 2.29. The molecule has 0 atom stereocenters. The third-order valence-electron chi connectivity index (χ3n) is 3.49. The van der Waals surface area contributed by atoms with Crippen LogP contribution in [0.5, 0.6) is 0 Å². The molecule has 21 heavy (non-hydrogen) atoms. The molecular weight excluding hydrogens is 286 g/mol. The van der Waals surface area contributed by atoms with E-state index in [4.69, 9.17) is 5.73 Å². The minimum Gasteiger partial charge on any atom is -0.398 e. The summed E-state index contributed by atoms with van der Waals surface area (Å²) >= 11 is 0. The summed E-state index contributed by atoms with van der Waals surface area (Å²) in [5.74, 6) is 0. The average molecular weight is 305 g/mol. The van der Waals surface area contributed by atoms with Crippen molar-refractivity contribution in [2.75, 3.05) is 10.5 Å². The fraction of sp³-hybridized carbons (Fsp3) is 0.267. The van der Waals surface area contributed by atoms with E-state index in [-0.39, 0.29) is 4.90 Å². The molecule has 0 aliphatic heterocycles. The van der Waals surface area contributed by atoms with Crippen molar-refractivity contribution in [2.24, 2.45) is 0 Å². The quantitative estimate of drug-likeness (QED) is 0.854. The second-order valence-corrected chi connectivity index (χ2v) is 6.79. The first kappa shape index (κ1) is 15.3. The molecule has 6 heteroatoms. The standard InChI is InChI=1S/C15H19N3O2S/c1-9-7-10(2)15(12(4)14(9)16)21(19,20)18-13-5-6-17-8-11(13)3/h5-8H,16H2,1-4H3,(H,17,18). The van der Waals surface area contributed by atoms with E-state index >= 15 is 0 Å². The molecule has 0 spiro atoms. The lowest BCUT2D eigenvalue weighted by atomic mass is 10.1. The average Bonchev–Trinajstić information content (AvgIpc) is 2.38. The van der Waals surface area contributed by atoms with Crippen molar-refractivity contribution in [3.63, 3.8) is 0 Å². The van der Waals surface area contributed by atoms with Crippen LogP contribution in [0, 0.1) is 27.7 Å². The number of nitrogens with zero attached hydrogens (tertiary/aromatic N) is 1. The van der Waals surface area contributed by atoms with Gasteiger partial charge in [-0.3, -0.25) is 9.71 Å². The Kier molecular flexibility index (Phi) is 3.91. The Labute approximate surface area is 125 Å². The van der Waals surface area contributed by atoms with Gasteiger partial charge in [-0.2, -0.15) is 0 Å². The lowest BCUT2D eigenvalue weighted by Crippen LogP contribution is -2.17. The molecule has 0 saturated heterocycles. The smallest absolute Gasteiger partial charge is 0.262 e. The normalized spacial score (nSPS) is 11.4. The molecule has 0 fully saturated rings. The third kappa shape index (κ3) is 2.85. The van der Waals surface area contributed by atoms with Crippen molar-refractivity contribution in [2.45, 2.75) is 32.6 Å². The molecule has 0 saturated carbocycles. The van der Waals surface area contributed by atoms with Gasteiger partial charge in [-0.05, 0) is 56.0 Å². The minimum absolute atomic E-state index is 0.238. The maximum Gasteiger partial charge on any atom is 0.262 e. The number of aromatic nitrogens is 1. The molecule has 112 valence electrons. The second kappa shape index (κ2) is 5.37. The Bertz CT molecular complexity index is 799. The van der Waals surface area contributed by atoms with Gasteiger partial charge in [0, 0.05) is 18.1 Å². The number of hydrogen-bond donors (Lipinski definition) is 2. The molecule has 0 aliphatic rings. The fourth-order valence-electron chi connectivity index (χ4n) is 2.38. The van der Waals surface area contributed by atoms with Gasteiger partial charge in [0.15, 0.2) is 0 Å². The number of aryl methyl sites for hydroxylation is 3. The Balaban J connectivity index is 2.56. The predicted octanol–water partition coefficient (Wildman–Crippen LogP) is 2.70. The maximum absolute atomic E-state index is 12.7. The number of nitrogens with two attached hydrogens (primary N) is 1. The van der Waals surface area contributed by atoms with Crippen LogP contribution in [0.1, 0.15) is 22.3 Å². The van der Waals surface area contributed by atoms with E-state index in [1.807, 2.05) is 6.92 Å². The van der Waals surface area contributed by atoms with Crippen molar-refractivity contribution in [3.05, 3.63) is 46.8 Å². The minimum atomic E-state index is -3.69. The largest absolute Gasteiger partial charge is 0.398 e. The van der Waals surface area contributed by atoms with Gasteiger partial charge in [-0.1, -0.05) is 6.07 Å². The summed E-state index contributed by atoms with van der Waals surface area (Å²) < 4.78 is 28.0. The summed E-state index contributed by atoms with van der Waals surface area (Å²) in [6.45, 7) is 7.16. The number of nitrogen functional groups attached to an aromatic ring is 1. The highest BCUT2D eigenvalue weighted by Gasteiger charge is 2.22. The summed E-state index contributed by atoms with van der Waals surface area (Å²) in [4.78, 5) is 4.19. The zero-order valence-electron chi connectivity index (χ0n) is 12.6. The van der Waals surface area contributed by atoms with Gasteiger partial charge in [-0.15, -0.1) is 0 Å². The van der Waals surface area contributed by atoms with Gasteiger partial charge in [-0.25, -0.2) is 8.42 Å². The van der Waals surface area contributed by atoms with E-state index in [0.717, 1.165) is 11.1 Å². The van der Waals surface area contributed by atoms with Crippen LogP contribution in [-0.4, -0.2) is 13.4 Å². The second-order valence-electron chi connectivity index (χ2n) is 5.17. The highest BCUT2D eigenvalue weighted by molar-refractivity contribution is 7.92. The summed E-state index contributed by atoms with van der Waals surface area (Å²) in [7, 11) is -3.69. The number of rotatable bonds is 3. The molecule has 5 nitrogen and oxygen atoms in total. The van der Waals surface area contributed by atoms with Crippen LogP contribution >= 0.6 is 0 Å². The first-order chi connectivity index (χ1) is 9.74. The van der Waals surface area contributed by atoms with E-state index in [0.29, 0.717) is 22.5 Å². The molecule has 2 aromatic rings. The molecule has 0 radical (unpaired) electrons. The number of pyridine rings is 1. The van der Waals surface area contributed by atoms with Crippen molar-refractivity contribution in [3.8, 4) is 0 Å². The molecular formula is C15H19N3O2S. The summed E-state index contributed by atoms with van der Waals surface area (Å²) in [5, 5.41) is 0. The zero-order valence-corrected chi connectivity index (χ0v) is 13.4. The highest BCUT2D eigenvalue weighted by atomic mass is 32.2. The SMILES string of the molecule is Cc1cnccc1NS(=O)(=O)c1c(C)cc(C)c(N)c1C. The molecule has 0 unspecified atom stereocenters. The van der Waals surface area contributed by atoms with E-state index in [1.54, 1.807) is 45.3 Å². The van der Waals surface area contributed by atoms with Crippen LogP contribution in [0.15, 0.2) is 29.4 Å². The number of benzene rings is 1. The molecule has 0 aliphatic carbocycles. The molecule has 1 aromatic carbocycles. The van der Waals surface area contributed by atoms with Gasteiger partial charge in [0.25, 0.3) is 10.0 Å². The number of hydrogen-bond acceptors (Lipinski definition) is 4. The van der Waals surface area contributed by atoms with Crippen LogP contribution in [0.4, 0.5) is 11.4 Å². The molecule has 1 heterocycles. The van der Waals surface area contributed by atoms with Crippen LogP contribution in [0.25, 0.3) is 0 Å². The van der Waals surface area contributed by atoms with Crippen LogP contribution in [-0.2, 0) is 10.0 Å². The van der Waals surface area contributed by atoms with Gasteiger partial charge >= 0.3 is 0 Å². The van der Waals surface area contributed by atoms with E-state index in [2.05, 4.69) is 9.71 Å².